The molecule has 1 atom stereocenters. The number of carboxylic acids is 1. The predicted molar refractivity (Wildman–Crippen MR) is 147 cm³/mol. The number of carbonyl (C=O) groups is 1. The summed E-state index contributed by atoms with van der Waals surface area (Å²) in [6.07, 6.45) is 5.80. The second-order valence-electron chi connectivity index (χ2n) is 10.7. The van der Waals surface area contributed by atoms with E-state index in [0.717, 1.165) is 54.5 Å². The van der Waals surface area contributed by atoms with Gasteiger partial charge in [0.1, 0.15) is 11.8 Å². The molecule has 1 saturated carbocycles. The lowest BCUT2D eigenvalue weighted by molar-refractivity contribution is -0.139. The van der Waals surface area contributed by atoms with Crippen molar-refractivity contribution in [2.45, 2.75) is 67.4 Å². The number of likely N-dealkylation sites (tertiary alicyclic amines) is 1. The van der Waals surface area contributed by atoms with Gasteiger partial charge in [-0.2, -0.15) is 0 Å². The first-order chi connectivity index (χ1) is 17.8. The van der Waals surface area contributed by atoms with Gasteiger partial charge in [-0.1, -0.05) is 61.7 Å². The van der Waals surface area contributed by atoms with E-state index in [1.165, 1.54) is 0 Å². The Morgan fingerprint density at radius 1 is 1.08 bits per heavy atom. The van der Waals surface area contributed by atoms with Crippen LogP contribution in [0.15, 0.2) is 48.5 Å². The lowest BCUT2D eigenvalue weighted by Crippen LogP contribution is -2.58. The summed E-state index contributed by atoms with van der Waals surface area (Å²) in [5, 5.41) is 12.9. The van der Waals surface area contributed by atoms with Crippen LogP contribution in [0.2, 0.25) is 0 Å². The number of piperidine rings is 1. The number of carboxylic acid groups (broad SMARTS) is 1. The highest BCUT2D eigenvalue weighted by Crippen LogP contribution is 2.38. The summed E-state index contributed by atoms with van der Waals surface area (Å²) in [4.78, 5) is 14.4. The van der Waals surface area contributed by atoms with E-state index >= 15 is 0 Å². The molecule has 0 aromatic heterocycles. The van der Waals surface area contributed by atoms with Crippen LogP contribution in [0, 0.1) is 0 Å². The molecule has 1 heterocycles. The molecule has 4 rings (SSSR count). The van der Waals surface area contributed by atoms with Gasteiger partial charge in [0, 0.05) is 12.1 Å². The SMILES string of the molecule is COc1ccccc1-c1ccc(C[C@H](NCC2(S(=O)(=O)C3CCCCC3)CCN(C)CC2)C(=O)O)cc1. The highest BCUT2D eigenvalue weighted by Gasteiger charge is 2.49. The molecule has 1 aliphatic carbocycles. The maximum absolute atomic E-state index is 13.9. The van der Waals surface area contributed by atoms with Gasteiger partial charge in [0.25, 0.3) is 0 Å². The molecule has 2 aliphatic rings. The molecule has 1 saturated heterocycles. The van der Waals surface area contributed by atoms with Crippen molar-refractivity contribution in [2.75, 3.05) is 33.8 Å². The molecule has 2 aromatic rings. The lowest BCUT2D eigenvalue weighted by atomic mass is 9.94. The fraction of sp³-hybridized carbons (Fsp3) is 0.552. The van der Waals surface area contributed by atoms with Crippen molar-refractivity contribution in [1.82, 2.24) is 10.2 Å². The molecule has 7 nitrogen and oxygen atoms in total. The summed E-state index contributed by atoms with van der Waals surface area (Å²) in [5.41, 5.74) is 2.84. The molecular weight excluding hydrogens is 488 g/mol. The zero-order valence-electron chi connectivity index (χ0n) is 22.0. The van der Waals surface area contributed by atoms with Gasteiger partial charge in [0.15, 0.2) is 9.84 Å². The van der Waals surface area contributed by atoms with Crippen molar-refractivity contribution < 1.29 is 23.1 Å². The van der Waals surface area contributed by atoms with Gasteiger partial charge < -0.3 is 20.1 Å². The largest absolute Gasteiger partial charge is 0.496 e. The summed E-state index contributed by atoms with van der Waals surface area (Å²) in [6.45, 7) is 1.58. The Kier molecular flexibility index (Phi) is 8.93. The zero-order valence-corrected chi connectivity index (χ0v) is 22.8. The second-order valence-corrected chi connectivity index (χ2v) is 13.3. The number of aliphatic carboxylic acids is 1. The molecule has 0 radical (unpaired) electrons. The van der Waals surface area contributed by atoms with E-state index in [2.05, 4.69) is 10.2 Å². The van der Waals surface area contributed by atoms with Crippen LogP contribution in [-0.2, 0) is 21.1 Å². The Labute approximate surface area is 221 Å². The van der Waals surface area contributed by atoms with E-state index in [9.17, 15) is 18.3 Å². The highest BCUT2D eigenvalue weighted by atomic mass is 32.2. The summed E-state index contributed by atoms with van der Waals surface area (Å²) in [6, 6.07) is 14.7. The van der Waals surface area contributed by atoms with E-state index in [1.54, 1.807) is 7.11 Å². The number of benzene rings is 2. The average molecular weight is 529 g/mol. The van der Waals surface area contributed by atoms with Crippen LogP contribution in [0.5, 0.6) is 5.75 Å². The molecule has 0 amide bonds. The fourth-order valence-electron chi connectivity index (χ4n) is 5.81. The highest BCUT2D eigenvalue weighted by molar-refractivity contribution is 7.93. The van der Waals surface area contributed by atoms with Gasteiger partial charge in [-0.05, 0) is 69.4 Å². The molecule has 0 bridgehead atoms. The Bertz CT molecular complexity index is 1150. The Hall–Kier alpha value is -2.42. The fourth-order valence-corrected chi connectivity index (χ4v) is 8.51. The number of methoxy groups -OCH3 is 1. The van der Waals surface area contributed by atoms with Crippen LogP contribution < -0.4 is 10.1 Å². The van der Waals surface area contributed by atoms with Crippen molar-refractivity contribution in [3.8, 4) is 16.9 Å². The topological polar surface area (TPSA) is 95.9 Å². The molecule has 0 spiro atoms. The number of ether oxygens (including phenoxy) is 1. The molecule has 37 heavy (non-hydrogen) atoms. The third kappa shape index (κ3) is 6.19. The van der Waals surface area contributed by atoms with Crippen LogP contribution in [0.3, 0.4) is 0 Å². The minimum atomic E-state index is -3.40. The van der Waals surface area contributed by atoms with Crippen molar-refractivity contribution in [3.05, 3.63) is 54.1 Å². The molecule has 1 aliphatic heterocycles. The van der Waals surface area contributed by atoms with Crippen LogP contribution in [0.4, 0.5) is 0 Å². The third-order valence-corrected chi connectivity index (χ3v) is 11.4. The van der Waals surface area contributed by atoms with Gasteiger partial charge >= 0.3 is 5.97 Å². The molecule has 2 N–H and O–H groups in total. The lowest BCUT2D eigenvalue weighted by Gasteiger charge is -2.43. The number of rotatable bonds is 10. The van der Waals surface area contributed by atoms with Gasteiger partial charge in [0.2, 0.25) is 0 Å². The monoisotopic (exact) mass is 528 g/mol. The first-order valence-corrected chi connectivity index (χ1v) is 14.9. The van der Waals surface area contributed by atoms with Gasteiger partial charge in [0.05, 0.1) is 17.1 Å². The molecule has 202 valence electrons. The van der Waals surface area contributed by atoms with Gasteiger partial charge in [-0.3, -0.25) is 4.79 Å². The van der Waals surface area contributed by atoms with E-state index in [4.69, 9.17) is 4.74 Å². The minimum absolute atomic E-state index is 0.177. The number of hydrogen-bond donors (Lipinski definition) is 2. The van der Waals surface area contributed by atoms with E-state index in [-0.39, 0.29) is 18.2 Å². The minimum Gasteiger partial charge on any atom is -0.496 e. The molecule has 2 aromatic carbocycles. The Morgan fingerprint density at radius 3 is 2.35 bits per heavy atom. The Balaban J connectivity index is 1.49. The first kappa shape index (κ1) is 27.6. The molecule has 8 heteroatoms. The maximum Gasteiger partial charge on any atom is 0.321 e. The molecule has 0 unspecified atom stereocenters. The van der Waals surface area contributed by atoms with Crippen molar-refractivity contribution in [1.29, 1.82) is 0 Å². The van der Waals surface area contributed by atoms with Gasteiger partial charge in [-0.25, -0.2) is 8.42 Å². The van der Waals surface area contributed by atoms with E-state index in [0.29, 0.717) is 25.9 Å². The van der Waals surface area contributed by atoms with Crippen LogP contribution >= 0.6 is 0 Å². The number of sulfone groups is 1. The summed E-state index contributed by atoms with van der Waals surface area (Å²) in [5.74, 6) is -0.185. The predicted octanol–water partition coefficient (Wildman–Crippen LogP) is 4.16. The number of hydrogen-bond acceptors (Lipinski definition) is 6. The van der Waals surface area contributed by atoms with Gasteiger partial charge in [-0.15, -0.1) is 0 Å². The van der Waals surface area contributed by atoms with Crippen molar-refractivity contribution in [3.63, 3.8) is 0 Å². The smallest absolute Gasteiger partial charge is 0.321 e. The second kappa shape index (κ2) is 12.0. The number of nitrogens with zero attached hydrogens (tertiary/aromatic N) is 1. The Morgan fingerprint density at radius 2 is 1.73 bits per heavy atom. The van der Waals surface area contributed by atoms with Crippen LogP contribution in [0.25, 0.3) is 11.1 Å². The van der Waals surface area contributed by atoms with Crippen molar-refractivity contribution >= 4 is 15.8 Å². The third-order valence-electron chi connectivity index (χ3n) is 8.27. The normalized spacial score (nSPS) is 19.8. The van der Waals surface area contributed by atoms with Crippen LogP contribution in [0.1, 0.15) is 50.5 Å². The number of para-hydroxylation sites is 1. The van der Waals surface area contributed by atoms with E-state index in [1.807, 2.05) is 55.6 Å². The van der Waals surface area contributed by atoms with Crippen LogP contribution in [-0.4, -0.2) is 74.2 Å². The zero-order chi connectivity index (χ0) is 26.5. The van der Waals surface area contributed by atoms with Crippen molar-refractivity contribution in [2.24, 2.45) is 0 Å². The molecular formula is C29H40N2O5S. The first-order valence-electron chi connectivity index (χ1n) is 13.4. The number of nitrogens with one attached hydrogen (secondary N) is 1. The van der Waals surface area contributed by atoms with E-state index < -0.39 is 26.6 Å². The summed E-state index contributed by atoms with van der Waals surface area (Å²) >= 11 is 0. The summed E-state index contributed by atoms with van der Waals surface area (Å²) in [7, 11) is 0.253. The average Bonchev–Trinajstić information content (AvgIpc) is 2.92. The quantitative estimate of drug-likeness (QED) is 0.478. The standard InChI is InChI=1S/C29H40N2O5S/c1-31-18-16-29(17-19-31,37(34,35)24-8-4-3-5-9-24)21-30-26(28(32)33)20-22-12-14-23(15-13-22)25-10-6-7-11-27(25)36-2/h6-7,10-15,24,26,30H,3-5,8-9,16-21H2,1-2H3,(H,32,33)/t26-/m0/s1. The molecule has 2 fully saturated rings. The summed E-state index contributed by atoms with van der Waals surface area (Å²) < 4.78 is 32.4. The maximum atomic E-state index is 13.9.